The highest BCUT2D eigenvalue weighted by molar-refractivity contribution is 7.91. The number of hydrogen-bond acceptors (Lipinski definition) is 4. The summed E-state index contributed by atoms with van der Waals surface area (Å²) in [5.74, 6) is 0.398. The third-order valence-electron chi connectivity index (χ3n) is 2.76. The molecule has 14 heavy (non-hydrogen) atoms. The molecule has 0 aliphatic carbocycles. The fourth-order valence-electron chi connectivity index (χ4n) is 1.71. The van der Waals surface area contributed by atoms with Crippen LogP contribution in [0.4, 0.5) is 0 Å². The molecule has 1 rings (SSSR count). The molecule has 0 radical (unpaired) electrons. The first-order valence-corrected chi connectivity index (χ1v) is 6.93. The van der Waals surface area contributed by atoms with Gasteiger partial charge < -0.3 is 10.4 Å². The van der Waals surface area contributed by atoms with Crippen LogP contribution in [0.15, 0.2) is 0 Å². The molecule has 0 amide bonds. The summed E-state index contributed by atoms with van der Waals surface area (Å²) in [6.45, 7) is 3.08. The molecule has 1 fully saturated rings. The molecule has 1 aliphatic heterocycles. The second kappa shape index (κ2) is 4.59. The van der Waals surface area contributed by atoms with E-state index >= 15 is 0 Å². The first-order chi connectivity index (χ1) is 6.47. The molecular formula is C9H19NO3S. The van der Waals surface area contributed by atoms with Crippen LogP contribution in [0.3, 0.4) is 0 Å². The van der Waals surface area contributed by atoms with Crippen LogP contribution in [-0.2, 0) is 9.84 Å². The van der Waals surface area contributed by atoms with Gasteiger partial charge in [-0.2, -0.15) is 0 Å². The third kappa shape index (κ3) is 3.55. The summed E-state index contributed by atoms with van der Waals surface area (Å²) in [5.41, 5.74) is -0.663. The van der Waals surface area contributed by atoms with Crippen molar-refractivity contribution in [3.05, 3.63) is 0 Å². The number of sulfone groups is 1. The Morgan fingerprint density at radius 1 is 1.50 bits per heavy atom. The molecular weight excluding hydrogens is 202 g/mol. The second-order valence-corrected chi connectivity index (χ2v) is 6.46. The van der Waals surface area contributed by atoms with Gasteiger partial charge in [-0.15, -0.1) is 0 Å². The van der Waals surface area contributed by atoms with Crippen molar-refractivity contribution in [3.63, 3.8) is 0 Å². The van der Waals surface area contributed by atoms with Crippen molar-refractivity contribution in [2.75, 3.05) is 24.6 Å². The topological polar surface area (TPSA) is 66.4 Å². The van der Waals surface area contributed by atoms with E-state index in [2.05, 4.69) is 5.32 Å². The molecule has 0 aromatic carbocycles. The van der Waals surface area contributed by atoms with Gasteiger partial charge in [-0.3, -0.25) is 0 Å². The molecule has 1 saturated heterocycles. The van der Waals surface area contributed by atoms with Crippen LogP contribution in [0, 0.1) is 0 Å². The van der Waals surface area contributed by atoms with Crippen LogP contribution < -0.4 is 5.32 Å². The lowest BCUT2D eigenvalue weighted by atomic mass is 9.98. The number of hydrogen-bond donors (Lipinski definition) is 2. The minimum absolute atomic E-state index is 0.198. The zero-order valence-electron chi connectivity index (χ0n) is 8.62. The fraction of sp³-hybridized carbons (Fsp3) is 1.00. The van der Waals surface area contributed by atoms with Crippen molar-refractivity contribution < 1.29 is 13.5 Å². The van der Waals surface area contributed by atoms with Crippen molar-refractivity contribution in [3.8, 4) is 0 Å². The van der Waals surface area contributed by atoms with Crippen LogP contribution in [-0.4, -0.2) is 43.7 Å². The van der Waals surface area contributed by atoms with Crippen molar-refractivity contribution >= 4 is 9.84 Å². The molecule has 84 valence electrons. The normalized spacial score (nSPS) is 28.1. The molecule has 4 nitrogen and oxygen atoms in total. The molecule has 0 bridgehead atoms. The van der Waals surface area contributed by atoms with Crippen molar-refractivity contribution in [1.82, 2.24) is 5.32 Å². The lowest BCUT2D eigenvalue weighted by Gasteiger charge is -2.20. The summed E-state index contributed by atoms with van der Waals surface area (Å²) >= 11 is 0. The van der Waals surface area contributed by atoms with Crippen LogP contribution in [0.5, 0.6) is 0 Å². The van der Waals surface area contributed by atoms with Gasteiger partial charge in [0.15, 0.2) is 0 Å². The van der Waals surface area contributed by atoms with Crippen LogP contribution in [0.2, 0.25) is 0 Å². The van der Waals surface area contributed by atoms with E-state index in [4.69, 9.17) is 0 Å². The fourth-order valence-corrected chi connectivity index (χ4v) is 2.58. The van der Waals surface area contributed by atoms with Gasteiger partial charge in [0.25, 0.3) is 0 Å². The number of nitrogens with one attached hydrogen (secondary N) is 1. The second-order valence-electron chi connectivity index (χ2n) is 3.99. The monoisotopic (exact) mass is 221 g/mol. The average Bonchev–Trinajstić information content (AvgIpc) is 2.52. The van der Waals surface area contributed by atoms with E-state index < -0.39 is 15.4 Å². The predicted octanol–water partition coefficient (Wildman–Crippen LogP) is -0.0743. The van der Waals surface area contributed by atoms with Gasteiger partial charge >= 0.3 is 0 Å². The Morgan fingerprint density at radius 2 is 2.21 bits per heavy atom. The molecule has 1 aliphatic rings. The van der Waals surface area contributed by atoms with Gasteiger partial charge in [-0.05, 0) is 25.8 Å². The highest BCUT2D eigenvalue weighted by Crippen LogP contribution is 2.20. The smallest absolute Gasteiger partial charge is 0.150 e. The quantitative estimate of drug-likeness (QED) is 0.682. The summed E-state index contributed by atoms with van der Waals surface area (Å²) in [7, 11) is -2.87. The first-order valence-electron chi connectivity index (χ1n) is 5.11. The maximum Gasteiger partial charge on any atom is 0.150 e. The molecule has 0 aromatic heterocycles. The molecule has 0 aromatic rings. The van der Waals surface area contributed by atoms with Gasteiger partial charge in [-0.25, -0.2) is 8.42 Å². The predicted molar refractivity (Wildman–Crippen MR) is 56.0 cm³/mol. The number of aliphatic hydroxyl groups is 1. The summed E-state index contributed by atoms with van der Waals surface area (Å²) in [6.07, 6.45) is 1.88. The van der Waals surface area contributed by atoms with Crippen LogP contribution >= 0.6 is 0 Å². The maximum atomic E-state index is 11.2. The van der Waals surface area contributed by atoms with Crippen molar-refractivity contribution in [2.24, 2.45) is 0 Å². The Bertz CT molecular complexity index is 268. The zero-order chi connectivity index (χ0) is 10.7. The molecule has 0 saturated carbocycles. The molecule has 2 N–H and O–H groups in total. The zero-order valence-corrected chi connectivity index (χ0v) is 9.44. The molecule has 0 spiro atoms. The number of β-amino-alcohol motifs (C(OH)–C–C–N with tert-alkyl or cyclic N) is 1. The Balaban J connectivity index is 2.27. The van der Waals surface area contributed by atoms with Crippen molar-refractivity contribution in [1.29, 1.82) is 0 Å². The Labute approximate surface area is 85.6 Å². The lowest BCUT2D eigenvalue weighted by molar-refractivity contribution is 0.0518. The molecule has 1 unspecified atom stereocenters. The third-order valence-corrected chi connectivity index (χ3v) is 4.55. The summed E-state index contributed by atoms with van der Waals surface area (Å²) in [5, 5.41) is 13.0. The minimum atomic E-state index is -2.87. The Kier molecular flexibility index (Phi) is 3.92. The van der Waals surface area contributed by atoms with Crippen LogP contribution in [0.1, 0.15) is 26.2 Å². The van der Waals surface area contributed by atoms with Gasteiger partial charge in [-0.1, -0.05) is 6.92 Å². The number of rotatable bonds is 5. The highest BCUT2D eigenvalue weighted by atomic mass is 32.2. The summed E-state index contributed by atoms with van der Waals surface area (Å²) in [6, 6.07) is 0. The minimum Gasteiger partial charge on any atom is -0.389 e. The largest absolute Gasteiger partial charge is 0.389 e. The van der Waals surface area contributed by atoms with E-state index in [0.717, 1.165) is 13.0 Å². The molecule has 1 atom stereocenters. The standard InChI is InChI=1S/C9H19NO3S/c1-2-14(12,13)7-3-4-9(11)5-6-10-8-9/h10-11H,2-8H2,1H3. The van der Waals surface area contributed by atoms with Gasteiger partial charge in [0.1, 0.15) is 9.84 Å². The summed E-state index contributed by atoms with van der Waals surface area (Å²) < 4.78 is 22.4. The van der Waals surface area contributed by atoms with Crippen molar-refractivity contribution in [2.45, 2.75) is 31.8 Å². The molecule has 5 heteroatoms. The molecule has 1 heterocycles. The van der Waals surface area contributed by atoms with E-state index in [1.807, 2.05) is 0 Å². The first kappa shape index (κ1) is 11.9. The Hall–Kier alpha value is -0.130. The van der Waals surface area contributed by atoms with E-state index in [9.17, 15) is 13.5 Å². The average molecular weight is 221 g/mol. The lowest BCUT2D eigenvalue weighted by Crippen LogP contribution is -2.31. The van der Waals surface area contributed by atoms with E-state index in [1.54, 1.807) is 6.92 Å². The van der Waals surface area contributed by atoms with Gasteiger partial charge in [0, 0.05) is 12.3 Å². The van der Waals surface area contributed by atoms with E-state index in [0.29, 0.717) is 19.4 Å². The SMILES string of the molecule is CCS(=O)(=O)CCCC1(O)CCNC1. The maximum absolute atomic E-state index is 11.2. The van der Waals surface area contributed by atoms with Crippen LogP contribution in [0.25, 0.3) is 0 Å². The van der Waals surface area contributed by atoms with Gasteiger partial charge in [0.2, 0.25) is 0 Å². The highest BCUT2D eigenvalue weighted by Gasteiger charge is 2.30. The van der Waals surface area contributed by atoms with E-state index in [1.165, 1.54) is 0 Å². The van der Waals surface area contributed by atoms with E-state index in [-0.39, 0.29) is 11.5 Å². The van der Waals surface area contributed by atoms with Gasteiger partial charge in [0.05, 0.1) is 11.4 Å². The summed E-state index contributed by atoms with van der Waals surface area (Å²) in [4.78, 5) is 0. The Morgan fingerprint density at radius 3 is 2.71 bits per heavy atom.